The second-order valence-corrected chi connectivity index (χ2v) is 3.84. The smallest absolute Gasteiger partial charge is 0.0670 e. The van der Waals surface area contributed by atoms with Gasteiger partial charge in [0.25, 0.3) is 0 Å². The van der Waals surface area contributed by atoms with Crippen LogP contribution >= 0.6 is 0 Å². The van der Waals surface area contributed by atoms with E-state index in [4.69, 9.17) is 0 Å². The molecule has 0 aliphatic carbocycles. The van der Waals surface area contributed by atoms with Crippen molar-refractivity contribution in [1.29, 1.82) is 0 Å². The Morgan fingerprint density at radius 2 is 1.36 bits per heavy atom. The third-order valence-electron chi connectivity index (χ3n) is 3.22. The average molecular weight is 158 g/mol. The van der Waals surface area contributed by atoms with Crippen LogP contribution in [0.1, 0.15) is 47.5 Å². The lowest BCUT2D eigenvalue weighted by atomic mass is 9.78. The van der Waals surface area contributed by atoms with Crippen LogP contribution in [0.2, 0.25) is 0 Å². The third kappa shape index (κ3) is 2.48. The summed E-state index contributed by atoms with van der Waals surface area (Å²) >= 11 is 0. The summed E-state index contributed by atoms with van der Waals surface area (Å²) in [5, 5.41) is 10.1. The molecule has 11 heavy (non-hydrogen) atoms. The first-order valence-electron chi connectivity index (χ1n) is 4.69. The van der Waals surface area contributed by atoms with Crippen LogP contribution in [-0.4, -0.2) is 10.7 Å². The summed E-state index contributed by atoms with van der Waals surface area (Å²) in [6.07, 6.45) is 2.11. The van der Waals surface area contributed by atoms with E-state index in [0.29, 0.717) is 11.8 Å². The molecule has 0 amide bonds. The van der Waals surface area contributed by atoms with E-state index >= 15 is 0 Å². The van der Waals surface area contributed by atoms with Crippen molar-refractivity contribution in [3.05, 3.63) is 0 Å². The minimum atomic E-state index is -0.483. The molecule has 68 valence electrons. The molecule has 0 aliphatic heterocycles. The first-order chi connectivity index (χ1) is 4.96. The Hall–Kier alpha value is -0.0400. The quantitative estimate of drug-likeness (QED) is 0.667. The van der Waals surface area contributed by atoms with E-state index in [9.17, 15) is 5.11 Å². The summed E-state index contributed by atoms with van der Waals surface area (Å²) in [4.78, 5) is 0. The monoisotopic (exact) mass is 158 g/mol. The predicted octanol–water partition coefficient (Wildman–Crippen LogP) is 2.83. The molecule has 0 spiro atoms. The lowest BCUT2D eigenvalue weighted by Crippen LogP contribution is -2.39. The molecule has 0 bridgehead atoms. The van der Waals surface area contributed by atoms with Gasteiger partial charge in [-0.2, -0.15) is 0 Å². The minimum absolute atomic E-state index is 0.400. The molecule has 3 atom stereocenters. The molecule has 0 radical (unpaired) electrons. The molecule has 0 fully saturated rings. The van der Waals surface area contributed by atoms with Crippen LogP contribution in [0.25, 0.3) is 0 Å². The highest BCUT2D eigenvalue weighted by Crippen LogP contribution is 2.29. The van der Waals surface area contributed by atoms with Gasteiger partial charge in [0.1, 0.15) is 0 Å². The largest absolute Gasteiger partial charge is 0.390 e. The lowest BCUT2D eigenvalue weighted by Gasteiger charge is -2.35. The van der Waals surface area contributed by atoms with E-state index in [1.807, 2.05) is 6.92 Å². The van der Waals surface area contributed by atoms with E-state index in [1.165, 1.54) is 0 Å². The van der Waals surface area contributed by atoms with Crippen LogP contribution in [0.4, 0.5) is 0 Å². The summed E-state index contributed by atoms with van der Waals surface area (Å²) in [5.74, 6) is 0.801. The molecule has 0 aromatic carbocycles. The highest BCUT2D eigenvalue weighted by atomic mass is 16.3. The lowest BCUT2D eigenvalue weighted by molar-refractivity contribution is -0.0440. The van der Waals surface area contributed by atoms with Crippen molar-refractivity contribution in [2.75, 3.05) is 0 Å². The molecule has 0 rings (SSSR count). The molecule has 0 aromatic heterocycles. The van der Waals surface area contributed by atoms with Gasteiger partial charge in [-0.3, -0.25) is 0 Å². The molecule has 1 heteroatoms. The normalized spacial score (nSPS) is 22.4. The molecule has 0 saturated carbocycles. The molecular formula is C10H22O. The molecule has 0 aromatic rings. The van der Waals surface area contributed by atoms with Gasteiger partial charge < -0.3 is 5.11 Å². The summed E-state index contributed by atoms with van der Waals surface area (Å²) < 4.78 is 0. The molecule has 1 unspecified atom stereocenters. The Morgan fingerprint density at radius 1 is 1.09 bits per heavy atom. The zero-order chi connectivity index (χ0) is 9.07. The molecule has 0 aliphatic rings. The number of hydrogen-bond donors (Lipinski definition) is 1. The Labute approximate surface area is 70.8 Å². The van der Waals surface area contributed by atoms with Crippen LogP contribution < -0.4 is 0 Å². The summed E-state index contributed by atoms with van der Waals surface area (Å²) in [7, 11) is 0. The summed E-state index contributed by atoms with van der Waals surface area (Å²) in [6, 6.07) is 0. The van der Waals surface area contributed by atoms with Gasteiger partial charge in [0.15, 0.2) is 0 Å². The molecule has 0 heterocycles. The van der Waals surface area contributed by atoms with Gasteiger partial charge in [0.05, 0.1) is 5.60 Å². The Balaban J connectivity index is 4.18. The molecule has 0 saturated heterocycles. The maximum atomic E-state index is 10.1. The van der Waals surface area contributed by atoms with Gasteiger partial charge in [0.2, 0.25) is 0 Å². The predicted molar refractivity (Wildman–Crippen MR) is 49.5 cm³/mol. The van der Waals surface area contributed by atoms with E-state index in [0.717, 1.165) is 12.8 Å². The van der Waals surface area contributed by atoms with Crippen molar-refractivity contribution in [3.8, 4) is 0 Å². The fraction of sp³-hybridized carbons (Fsp3) is 1.00. The zero-order valence-corrected chi connectivity index (χ0v) is 8.52. The van der Waals surface area contributed by atoms with E-state index in [-0.39, 0.29) is 0 Å². The minimum Gasteiger partial charge on any atom is -0.390 e. The number of rotatable bonds is 4. The van der Waals surface area contributed by atoms with E-state index < -0.39 is 5.60 Å². The second kappa shape index (κ2) is 4.10. The Kier molecular flexibility index (Phi) is 4.09. The van der Waals surface area contributed by atoms with Crippen LogP contribution in [0.5, 0.6) is 0 Å². The molecule has 1 N–H and O–H groups in total. The summed E-state index contributed by atoms with van der Waals surface area (Å²) in [5.41, 5.74) is -0.483. The zero-order valence-electron chi connectivity index (χ0n) is 8.52. The topological polar surface area (TPSA) is 20.2 Å². The van der Waals surface area contributed by atoms with Crippen molar-refractivity contribution < 1.29 is 5.11 Å². The summed E-state index contributed by atoms with van der Waals surface area (Å²) in [6.45, 7) is 10.4. The van der Waals surface area contributed by atoms with Crippen molar-refractivity contribution in [1.82, 2.24) is 0 Å². The fourth-order valence-electron chi connectivity index (χ4n) is 1.31. The van der Waals surface area contributed by atoms with E-state index in [2.05, 4.69) is 27.7 Å². The first-order valence-corrected chi connectivity index (χ1v) is 4.69. The van der Waals surface area contributed by atoms with Gasteiger partial charge in [0, 0.05) is 0 Å². The van der Waals surface area contributed by atoms with Crippen molar-refractivity contribution >= 4 is 0 Å². The standard InChI is InChI=1S/C10H22O/c1-6-8(3)10(5,11)9(4)7-2/h8-9,11H,6-7H2,1-5H3/t8-,9+,10?. The van der Waals surface area contributed by atoms with Crippen LogP contribution in [0.3, 0.4) is 0 Å². The number of hydrogen-bond acceptors (Lipinski definition) is 1. The maximum Gasteiger partial charge on any atom is 0.0670 e. The second-order valence-electron chi connectivity index (χ2n) is 3.84. The number of aliphatic hydroxyl groups is 1. The van der Waals surface area contributed by atoms with Gasteiger partial charge in [-0.1, -0.05) is 40.5 Å². The van der Waals surface area contributed by atoms with Crippen LogP contribution in [0, 0.1) is 11.8 Å². The highest BCUT2D eigenvalue weighted by Gasteiger charge is 2.31. The molecular weight excluding hydrogens is 136 g/mol. The van der Waals surface area contributed by atoms with Gasteiger partial charge in [-0.05, 0) is 18.8 Å². The fourth-order valence-corrected chi connectivity index (χ4v) is 1.31. The Bertz CT molecular complexity index is 95.4. The maximum absolute atomic E-state index is 10.1. The van der Waals surface area contributed by atoms with E-state index in [1.54, 1.807) is 0 Å². The van der Waals surface area contributed by atoms with Crippen molar-refractivity contribution in [2.45, 2.75) is 53.1 Å². The van der Waals surface area contributed by atoms with Crippen molar-refractivity contribution in [2.24, 2.45) is 11.8 Å². The van der Waals surface area contributed by atoms with Gasteiger partial charge in [-0.25, -0.2) is 0 Å². The highest BCUT2D eigenvalue weighted by molar-refractivity contribution is 4.82. The Morgan fingerprint density at radius 3 is 1.55 bits per heavy atom. The average Bonchev–Trinajstić information content (AvgIpc) is 2.01. The van der Waals surface area contributed by atoms with Gasteiger partial charge in [-0.15, -0.1) is 0 Å². The SMILES string of the molecule is CC[C@@H](C)C(C)(O)[C@@H](C)CC. The van der Waals surface area contributed by atoms with Crippen molar-refractivity contribution in [3.63, 3.8) is 0 Å². The third-order valence-corrected chi connectivity index (χ3v) is 3.22. The first kappa shape index (κ1) is 11.0. The van der Waals surface area contributed by atoms with Crippen LogP contribution in [-0.2, 0) is 0 Å². The molecule has 1 nitrogen and oxygen atoms in total. The van der Waals surface area contributed by atoms with Crippen LogP contribution in [0.15, 0.2) is 0 Å². The van der Waals surface area contributed by atoms with Gasteiger partial charge >= 0.3 is 0 Å².